The first-order valence-electron chi connectivity index (χ1n) is 17.8. The van der Waals surface area contributed by atoms with Crippen LogP contribution >= 0.6 is 23.5 Å². The molecule has 0 aliphatic carbocycles. The Balaban J connectivity index is 0.000000212. The summed E-state index contributed by atoms with van der Waals surface area (Å²) in [7, 11) is 0. The molecule has 0 spiro atoms. The Hall–Kier alpha value is -5.68. The normalized spacial score (nSPS) is 12.3. The minimum atomic E-state index is -0.719. The number of nitrogens with two attached hydrogens (primary N) is 3. The van der Waals surface area contributed by atoms with Gasteiger partial charge in [-0.2, -0.15) is 0 Å². The molecule has 0 fully saturated rings. The molecule has 2 amide bonds. The van der Waals surface area contributed by atoms with Crippen molar-refractivity contribution in [1.82, 2.24) is 15.3 Å². The molecular formula is C45H46N6O2S2. The van der Waals surface area contributed by atoms with Gasteiger partial charge in [-0.3, -0.25) is 19.6 Å². The van der Waals surface area contributed by atoms with E-state index in [0.29, 0.717) is 17.2 Å². The Kier molecular flexibility index (Phi) is 14.4. The smallest absolute Gasteiger partial charge is 0.240 e. The van der Waals surface area contributed by atoms with Gasteiger partial charge in [0.1, 0.15) is 6.04 Å². The van der Waals surface area contributed by atoms with E-state index in [2.05, 4.69) is 82.5 Å². The Labute approximate surface area is 332 Å². The number of rotatable bonds is 16. The highest BCUT2D eigenvalue weighted by atomic mass is 32.2. The monoisotopic (exact) mass is 766 g/mol. The zero-order valence-electron chi connectivity index (χ0n) is 30.7. The van der Waals surface area contributed by atoms with Crippen molar-refractivity contribution in [2.24, 2.45) is 17.2 Å². The van der Waals surface area contributed by atoms with Gasteiger partial charge in [0.25, 0.3) is 0 Å². The summed E-state index contributed by atoms with van der Waals surface area (Å²) in [5.74, 6) is -0.0325. The van der Waals surface area contributed by atoms with Crippen LogP contribution in [-0.4, -0.2) is 45.4 Å². The van der Waals surface area contributed by atoms with Gasteiger partial charge in [0.15, 0.2) is 0 Å². The van der Waals surface area contributed by atoms with Crippen molar-refractivity contribution in [3.8, 4) is 0 Å². The summed E-state index contributed by atoms with van der Waals surface area (Å²) < 4.78 is -1.08. The van der Waals surface area contributed by atoms with Gasteiger partial charge in [0.2, 0.25) is 11.8 Å². The first kappa shape index (κ1) is 40.5. The lowest BCUT2D eigenvalue weighted by atomic mass is 9.85. The van der Waals surface area contributed by atoms with Crippen LogP contribution < -0.4 is 22.5 Å². The zero-order valence-corrected chi connectivity index (χ0v) is 32.3. The molecule has 0 aliphatic rings. The molecule has 0 saturated carbocycles. The van der Waals surface area contributed by atoms with E-state index >= 15 is 0 Å². The van der Waals surface area contributed by atoms with E-state index in [-0.39, 0.29) is 0 Å². The molecule has 0 bridgehead atoms. The van der Waals surface area contributed by atoms with Crippen LogP contribution in [0.3, 0.4) is 0 Å². The van der Waals surface area contributed by atoms with Crippen molar-refractivity contribution in [3.05, 3.63) is 216 Å². The molecule has 0 unspecified atom stereocenters. The van der Waals surface area contributed by atoms with Crippen LogP contribution in [0.2, 0.25) is 0 Å². The summed E-state index contributed by atoms with van der Waals surface area (Å²) in [5.41, 5.74) is 24.2. The fraction of sp³-hybridized carbons (Fsp3) is 0.156. The number of carbonyl (C=O) groups excluding carboxylic acids is 2. The number of pyridine rings is 2. The maximum Gasteiger partial charge on any atom is 0.240 e. The number of primary amides is 2. The number of nitrogens with one attached hydrogen (secondary N) is 1. The van der Waals surface area contributed by atoms with Crippen molar-refractivity contribution in [2.45, 2.75) is 28.5 Å². The van der Waals surface area contributed by atoms with Crippen molar-refractivity contribution in [2.75, 3.05) is 11.5 Å². The molecule has 2 aromatic heterocycles. The zero-order chi connectivity index (χ0) is 39.1. The molecule has 10 heteroatoms. The topological polar surface area (TPSA) is 150 Å². The summed E-state index contributed by atoms with van der Waals surface area (Å²) >= 11 is 3.26. The number of benzene rings is 4. The minimum absolute atomic E-state index is 0.397. The van der Waals surface area contributed by atoms with E-state index in [1.54, 1.807) is 35.9 Å². The number of nitrogens with zero attached hydrogens (tertiary/aromatic N) is 2. The highest BCUT2D eigenvalue weighted by molar-refractivity contribution is 8.01. The lowest BCUT2D eigenvalue weighted by Gasteiger charge is -2.36. The Morgan fingerprint density at radius 3 is 1.22 bits per heavy atom. The van der Waals surface area contributed by atoms with E-state index < -0.39 is 33.4 Å². The van der Waals surface area contributed by atoms with Gasteiger partial charge < -0.3 is 22.5 Å². The van der Waals surface area contributed by atoms with Gasteiger partial charge in [0.05, 0.1) is 15.5 Å². The quantitative estimate of drug-likeness (QED) is 0.0823. The van der Waals surface area contributed by atoms with Crippen LogP contribution in [0, 0.1) is 0 Å². The summed E-state index contributed by atoms with van der Waals surface area (Å²) in [5, 5.41) is 3.10. The van der Waals surface area contributed by atoms with Gasteiger partial charge in [0, 0.05) is 42.0 Å². The lowest BCUT2D eigenvalue weighted by molar-refractivity contribution is -0.119. The van der Waals surface area contributed by atoms with Crippen LogP contribution in [0.1, 0.15) is 40.3 Å². The van der Waals surface area contributed by atoms with Crippen molar-refractivity contribution < 1.29 is 9.59 Å². The Morgan fingerprint density at radius 1 is 0.582 bits per heavy atom. The van der Waals surface area contributed by atoms with Crippen LogP contribution in [0.25, 0.3) is 0 Å². The number of hydrogen-bond acceptors (Lipinski definition) is 8. The Bertz CT molecular complexity index is 1900. The number of thioether (sulfide) groups is 2. The van der Waals surface area contributed by atoms with Crippen LogP contribution in [0.5, 0.6) is 0 Å². The van der Waals surface area contributed by atoms with Crippen molar-refractivity contribution >= 4 is 35.3 Å². The summed E-state index contributed by atoms with van der Waals surface area (Å²) in [6, 6.07) is 47.7. The number of amides is 2. The summed E-state index contributed by atoms with van der Waals surface area (Å²) in [6.45, 7) is 5.68. The molecule has 55 heavy (non-hydrogen) atoms. The molecule has 6 aromatic rings. The third-order valence-electron chi connectivity index (χ3n) is 8.93. The molecule has 0 radical (unpaired) electrons. The molecule has 2 heterocycles. The molecular weight excluding hydrogens is 721 g/mol. The van der Waals surface area contributed by atoms with E-state index in [0.717, 1.165) is 33.4 Å². The number of allylic oxidation sites excluding steroid dienone is 1. The first-order valence-corrected chi connectivity index (χ1v) is 19.7. The number of carbonyl (C=O) groups is 2. The van der Waals surface area contributed by atoms with E-state index in [1.165, 1.54) is 0 Å². The third-order valence-corrected chi connectivity index (χ3v) is 12.2. The predicted molar refractivity (Wildman–Crippen MR) is 227 cm³/mol. The van der Waals surface area contributed by atoms with Crippen molar-refractivity contribution in [3.63, 3.8) is 0 Å². The van der Waals surface area contributed by atoms with Gasteiger partial charge in [-0.15, -0.1) is 23.5 Å². The number of hydrogen-bond donors (Lipinski definition) is 4. The summed E-state index contributed by atoms with van der Waals surface area (Å²) in [4.78, 5) is 32.3. The van der Waals surface area contributed by atoms with Gasteiger partial charge >= 0.3 is 0 Å². The van der Waals surface area contributed by atoms with Gasteiger partial charge in [-0.05, 0) is 52.4 Å². The average molecular weight is 767 g/mol. The third kappa shape index (κ3) is 9.90. The second-order valence-corrected chi connectivity index (χ2v) is 15.3. The van der Waals surface area contributed by atoms with Crippen LogP contribution in [0.4, 0.5) is 0 Å². The van der Waals surface area contributed by atoms with Crippen LogP contribution in [0.15, 0.2) is 183 Å². The van der Waals surface area contributed by atoms with E-state index in [1.807, 2.05) is 104 Å². The van der Waals surface area contributed by atoms with E-state index in [4.69, 9.17) is 17.2 Å². The molecule has 0 saturated heterocycles. The van der Waals surface area contributed by atoms with Gasteiger partial charge in [-0.25, -0.2) is 0 Å². The van der Waals surface area contributed by atoms with E-state index in [9.17, 15) is 9.59 Å². The highest BCUT2D eigenvalue weighted by Gasteiger charge is 2.39. The predicted octanol–water partition coefficient (Wildman–Crippen LogP) is 7.00. The largest absolute Gasteiger partial charge is 0.377 e. The second-order valence-electron chi connectivity index (χ2n) is 12.8. The SMILES string of the molecule is C=C(C)N[C@@H](CSC(c1ccccc1)(c1ccccc1)c1cccnc1)C(N)=O.NC(=O)[C@@H](N)CSC(c1ccccc1)(c1ccccc1)c1cccnc1. The molecule has 7 N–H and O–H groups in total. The number of aromatic nitrogens is 2. The average Bonchev–Trinajstić information content (AvgIpc) is 3.23. The molecule has 6 rings (SSSR count). The van der Waals surface area contributed by atoms with Gasteiger partial charge in [-0.1, -0.05) is 140 Å². The molecule has 280 valence electrons. The molecule has 8 nitrogen and oxygen atoms in total. The van der Waals surface area contributed by atoms with Crippen molar-refractivity contribution in [1.29, 1.82) is 0 Å². The minimum Gasteiger partial charge on any atom is -0.377 e. The van der Waals surface area contributed by atoms with Crippen LogP contribution in [-0.2, 0) is 19.1 Å². The highest BCUT2D eigenvalue weighted by Crippen LogP contribution is 2.49. The Morgan fingerprint density at radius 2 is 0.927 bits per heavy atom. The fourth-order valence-electron chi connectivity index (χ4n) is 6.33. The standard InChI is InChI=1S/C24H25N3OS.C21H21N3OS/c1-18(2)27-22(23(25)28)17-29-24(19-10-5-3-6-11-19,20-12-7-4-8-13-20)21-14-9-15-26-16-21;22-19(20(23)25)15-26-21(16-8-3-1-4-9-16,17-10-5-2-6-11-17)18-12-7-13-24-14-18/h3-16,22,27H,1,17H2,2H3,(H2,25,28);1-14,19H,15,22H2,(H2,23,25)/t22-;19-/m00/s1. The fourth-order valence-corrected chi connectivity index (χ4v) is 9.37. The molecule has 2 atom stereocenters. The first-order chi connectivity index (χ1) is 26.7. The maximum atomic E-state index is 12.1. The molecule has 0 aliphatic heterocycles. The maximum absolute atomic E-state index is 12.1. The summed E-state index contributed by atoms with van der Waals surface area (Å²) in [6.07, 6.45) is 7.27. The lowest BCUT2D eigenvalue weighted by Crippen LogP contribution is -2.43. The second kappa shape index (κ2) is 19.6. The molecule has 4 aromatic carbocycles.